The Balaban J connectivity index is 2.07. The molecule has 1 aromatic heterocycles. The van der Waals surface area contributed by atoms with Crippen molar-refractivity contribution in [3.8, 4) is 0 Å². The number of aryl methyl sites for hydroxylation is 1. The number of nitrogen functional groups attached to an aromatic ring is 1. The van der Waals surface area contributed by atoms with E-state index in [1.54, 1.807) is 23.0 Å². The van der Waals surface area contributed by atoms with Crippen molar-refractivity contribution >= 4 is 21.4 Å². The first kappa shape index (κ1) is 14.4. The number of hydrogen-bond donors (Lipinski definition) is 3. The van der Waals surface area contributed by atoms with Gasteiger partial charge in [0.05, 0.1) is 24.1 Å². The van der Waals surface area contributed by atoms with Gasteiger partial charge >= 0.3 is 0 Å². The Labute approximate surface area is 117 Å². The predicted molar refractivity (Wildman–Crippen MR) is 77.7 cm³/mol. The molecule has 2 rings (SSSR count). The Morgan fingerprint density at radius 2 is 2.15 bits per heavy atom. The van der Waals surface area contributed by atoms with Crippen molar-refractivity contribution < 1.29 is 8.42 Å². The quantitative estimate of drug-likeness (QED) is 0.696. The zero-order valence-corrected chi connectivity index (χ0v) is 11.9. The van der Waals surface area contributed by atoms with Crippen LogP contribution >= 0.6 is 0 Å². The van der Waals surface area contributed by atoms with Gasteiger partial charge in [-0.15, -0.1) is 0 Å². The van der Waals surface area contributed by atoms with Crippen LogP contribution in [0.1, 0.15) is 5.56 Å². The summed E-state index contributed by atoms with van der Waals surface area (Å²) in [6.07, 6.45) is 3.70. The lowest BCUT2D eigenvalue weighted by Crippen LogP contribution is -2.16. The van der Waals surface area contributed by atoms with Gasteiger partial charge in [0.2, 0.25) is 10.0 Å². The molecule has 0 bridgehead atoms. The van der Waals surface area contributed by atoms with E-state index in [9.17, 15) is 8.42 Å². The summed E-state index contributed by atoms with van der Waals surface area (Å²) in [5.74, 6) is 0. The summed E-state index contributed by atoms with van der Waals surface area (Å²) in [4.78, 5) is -0.0718. The number of para-hydroxylation sites is 1. The van der Waals surface area contributed by atoms with Gasteiger partial charge < -0.3 is 11.1 Å². The first-order valence-electron chi connectivity index (χ1n) is 6.02. The number of aromatic nitrogens is 2. The van der Waals surface area contributed by atoms with E-state index in [2.05, 4.69) is 10.4 Å². The van der Waals surface area contributed by atoms with E-state index >= 15 is 0 Å². The Morgan fingerprint density at radius 3 is 2.75 bits per heavy atom. The van der Waals surface area contributed by atoms with Gasteiger partial charge in [-0.2, -0.15) is 5.10 Å². The Bertz CT molecular complexity index is 708. The molecule has 0 aliphatic carbocycles. The summed E-state index contributed by atoms with van der Waals surface area (Å²) in [7, 11) is -3.81. The lowest BCUT2D eigenvalue weighted by atomic mass is 10.2. The number of rotatable bonds is 5. The number of nitrogens with one attached hydrogen (secondary N) is 1. The number of primary sulfonamides is 1. The Morgan fingerprint density at radius 1 is 1.40 bits per heavy atom. The number of hydrogen-bond acceptors (Lipinski definition) is 5. The highest BCUT2D eigenvalue weighted by atomic mass is 32.2. The van der Waals surface area contributed by atoms with Crippen molar-refractivity contribution in [1.82, 2.24) is 9.78 Å². The number of nitrogens with zero attached hydrogens (tertiary/aromatic N) is 2. The Hall–Kier alpha value is -2.06. The van der Waals surface area contributed by atoms with Crippen LogP contribution in [0, 0.1) is 6.92 Å². The maximum atomic E-state index is 11.4. The number of benzene rings is 1. The van der Waals surface area contributed by atoms with Crippen LogP contribution in [-0.2, 0) is 16.6 Å². The minimum atomic E-state index is -3.81. The lowest BCUT2D eigenvalue weighted by Gasteiger charge is -2.11. The van der Waals surface area contributed by atoms with Gasteiger partial charge in [0, 0.05) is 12.7 Å². The van der Waals surface area contributed by atoms with Crippen molar-refractivity contribution in [2.45, 2.75) is 18.4 Å². The predicted octanol–water partition coefficient (Wildman–Crippen LogP) is 0.533. The van der Waals surface area contributed by atoms with Gasteiger partial charge in [-0.25, -0.2) is 13.6 Å². The number of nitrogens with two attached hydrogens (primary N) is 2. The van der Waals surface area contributed by atoms with Gasteiger partial charge in [-0.1, -0.05) is 6.07 Å². The molecule has 0 saturated heterocycles. The SMILES string of the molecule is Cc1cnn(CCNc2cccc(S(N)(=O)=O)c2N)c1. The summed E-state index contributed by atoms with van der Waals surface area (Å²) in [5, 5.41) is 12.3. The van der Waals surface area contributed by atoms with Crippen LogP contribution in [0.5, 0.6) is 0 Å². The molecular formula is C12H17N5O2S. The second-order valence-corrected chi connectivity index (χ2v) is 6.00. The molecular weight excluding hydrogens is 278 g/mol. The molecule has 0 aliphatic heterocycles. The zero-order valence-electron chi connectivity index (χ0n) is 11.1. The van der Waals surface area contributed by atoms with E-state index in [4.69, 9.17) is 10.9 Å². The molecule has 0 spiro atoms. The molecule has 5 N–H and O–H groups in total. The molecule has 2 aromatic rings. The molecule has 0 amide bonds. The van der Waals surface area contributed by atoms with E-state index in [1.807, 2.05) is 13.1 Å². The van der Waals surface area contributed by atoms with Crippen LogP contribution in [0.2, 0.25) is 0 Å². The normalized spacial score (nSPS) is 11.5. The highest BCUT2D eigenvalue weighted by Crippen LogP contribution is 2.25. The van der Waals surface area contributed by atoms with E-state index in [0.29, 0.717) is 18.8 Å². The monoisotopic (exact) mass is 295 g/mol. The smallest absolute Gasteiger partial charge is 0.240 e. The largest absolute Gasteiger partial charge is 0.396 e. The number of sulfonamides is 1. The summed E-state index contributed by atoms with van der Waals surface area (Å²) in [6, 6.07) is 4.68. The molecule has 0 unspecified atom stereocenters. The third kappa shape index (κ3) is 3.28. The average molecular weight is 295 g/mol. The highest BCUT2D eigenvalue weighted by molar-refractivity contribution is 7.89. The minimum absolute atomic E-state index is 0.0718. The minimum Gasteiger partial charge on any atom is -0.396 e. The van der Waals surface area contributed by atoms with Crippen LogP contribution < -0.4 is 16.2 Å². The molecule has 0 saturated carbocycles. The molecule has 0 radical (unpaired) electrons. The first-order chi connectivity index (χ1) is 9.38. The third-order valence-corrected chi connectivity index (χ3v) is 3.76. The van der Waals surface area contributed by atoms with Gasteiger partial charge in [0.15, 0.2) is 0 Å². The second kappa shape index (κ2) is 5.51. The molecule has 0 atom stereocenters. The van der Waals surface area contributed by atoms with Crippen LogP contribution in [0.25, 0.3) is 0 Å². The van der Waals surface area contributed by atoms with Crippen molar-refractivity contribution in [3.05, 3.63) is 36.2 Å². The number of anilines is 2. The summed E-state index contributed by atoms with van der Waals surface area (Å²) in [6.45, 7) is 3.18. The second-order valence-electron chi connectivity index (χ2n) is 4.47. The third-order valence-electron chi connectivity index (χ3n) is 2.79. The molecule has 20 heavy (non-hydrogen) atoms. The van der Waals surface area contributed by atoms with Crippen LogP contribution in [0.3, 0.4) is 0 Å². The van der Waals surface area contributed by atoms with Gasteiger partial charge in [0.25, 0.3) is 0 Å². The molecule has 1 heterocycles. The molecule has 8 heteroatoms. The maximum Gasteiger partial charge on any atom is 0.240 e. The van der Waals surface area contributed by atoms with Gasteiger partial charge in [0.1, 0.15) is 4.90 Å². The maximum absolute atomic E-state index is 11.4. The highest BCUT2D eigenvalue weighted by Gasteiger charge is 2.14. The van der Waals surface area contributed by atoms with E-state index < -0.39 is 10.0 Å². The van der Waals surface area contributed by atoms with Crippen LogP contribution in [-0.4, -0.2) is 24.7 Å². The van der Waals surface area contributed by atoms with Gasteiger partial charge in [-0.3, -0.25) is 4.68 Å². The van der Waals surface area contributed by atoms with E-state index in [1.165, 1.54) is 6.07 Å². The van der Waals surface area contributed by atoms with E-state index in [0.717, 1.165) is 5.56 Å². The summed E-state index contributed by atoms with van der Waals surface area (Å²) in [5.41, 5.74) is 7.57. The van der Waals surface area contributed by atoms with Crippen molar-refractivity contribution in [2.75, 3.05) is 17.6 Å². The van der Waals surface area contributed by atoms with Crippen molar-refractivity contribution in [2.24, 2.45) is 5.14 Å². The fourth-order valence-corrected chi connectivity index (χ4v) is 2.53. The molecule has 7 nitrogen and oxygen atoms in total. The fraction of sp³-hybridized carbons (Fsp3) is 0.250. The summed E-state index contributed by atoms with van der Waals surface area (Å²) < 4.78 is 24.5. The molecule has 0 aliphatic rings. The molecule has 1 aromatic carbocycles. The fourth-order valence-electron chi connectivity index (χ4n) is 1.84. The van der Waals surface area contributed by atoms with Crippen molar-refractivity contribution in [1.29, 1.82) is 0 Å². The van der Waals surface area contributed by atoms with Crippen LogP contribution in [0.4, 0.5) is 11.4 Å². The molecule has 0 fully saturated rings. The first-order valence-corrected chi connectivity index (χ1v) is 7.57. The standard InChI is InChI=1S/C12H17N5O2S/c1-9-7-16-17(8-9)6-5-15-10-3-2-4-11(12(10)13)20(14,18)19/h2-4,7-8,15H,5-6,13H2,1H3,(H2,14,18,19). The molecule has 108 valence electrons. The summed E-state index contributed by atoms with van der Waals surface area (Å²) >= 11 is 0. The lowest BCUT2D eigenvalue weighted by molar-refractivity contribution is 0.598. The Kier molecular flexibility index (Phi) is 3.96. The average Bonchev–Trinajstić information content (AvgIpc) is 2.76. The van der Waals surface area contributed by atoms with E-state index in [-0.39, 0.29) is 10.6 Å². The topological polar surface area (TPSA) is 116 Å². The van der Waals surface area contributed by atoms with Crippen molar-refractivity contribution in [3.63, 3.8) is 0 Å². The van der Waals surface area contributed by atoms with Crippen LogP contribution in [0.15, 0.2) is 35.5 Å². The van der Waals surface area contributed by atoms with Gasteiger partial charge in [-0.05, 0) is 24.6 Å². The zero-order chi connectivity index (χ0) is 14.8.